The lowest BCUT2D eigenvalue weighted by atomic mass is 9.36. The monoisotopic (exact) mass is 745 g/mol. The van der Waals surface area contributed by atoms with Gasteiger partial charge in [-0.25, -0.2) is 0 Å². The summed E-state index contributed by atoms with van der Waals surface area (Å²) in [5, 5.41) is 6.19. The molecule has 0 saturated heterocycles. The van der Waals surface area contributed by atoms with E-state index in [9.17, 15) is 0 Å². The van der Waals surface area contributed by atoms with Gasteiger partial charge in [0.05, 0.1) is 5.69 Å². The molecule has 0 atom stereocenters. The van der Waals surface area contributed by atoms with Gasteiger partial charge in [0, 0.05) is 37.0 Å². The highest BCUT2D eigenvalue weighted by Gasteiger charge is 2.45. The number of rotatable bonds is 2. The van der Waals surface area contributed by atoms with Crippen LogP contribution in [0.4, 0.5) is 17.1 Å². The van der Waals surface area contributed by atoms with E-state index in [0.717, 1.165) is 11.5 Å². The molecule has 0 spiro atoms. The topological polar surface area (TPSA) is 12.5 Å². The third kappa shape index (κ3) is 5.29. The molecule has 0 N–H and O–H groups in total. The molecule has 8 aromatic rings. The summed E-state index contributed by atoms with van der Waals surface area (Å²) < 4.78 is 9.86. The Labute approximate surface area is 335 Å². The van der Waals surface area contributed by atoms with Crippen LogP contribution < -0.4 is 25.3 Å². The zero-order chi connectivity index (χ0) is 38.9. The van der Waals surface area contributed by atoms with Crippen LogP contribution in [0.15, 0.2) is 127 Å². The molecule has 2 nitrogen and oxygen atoms in total. The van der Waals surface area contributed by atoms with Crippen molar-refractivity contribution in [3.63, 3.8) is 0 Å². The summed E-state index contributed by atoms with van der Waals surface area (Å²) in [5.41, 5.74) is 12.5. The fraction of sp³-hybridized carbons (Fsp3) is 0.231. The lowest BCUT2D eigenvalue weighted by Gasteiger charge is -2.42. The molecule has 0 saturated carbocycles. The van der Waals surface area contributed by atoms with E-state index in [0.29, 0.717) is 0 Å². The quantitative estimate of drug-likeness (QED) is 0.129. The zero-order valence-corrected chi connectivity index (χ0v) is 34.8. The summed E-state index contributed by atoms with van der Waals surface area (Å²) in [4.78, 5) is 2.62. The van der Waals surface area contributed by atoms with Gasteiger partial charge in [0.15, 0.2) is 0 Å². The lowest BCUT2D eigenvalue weighted by Crippen LogP contribution is -2.58. The van der Waals surface area contributed by atoms with Gasteiger partial charge in [0.2, 0.25) is 0 Å². The average molecular weight is 746 g/mol. The van der Waals surface area contributed by atoms with Crippen LogP contribution in [0.1, 0.15) is 79.0 Å². The summed E-state index contributed by atoms with van der Waals surface area (Å²) >= 11 is 1.90. The van der Waals surface area contributed by atoms with Crippen molar-refractivity contribution in [1.29, 1.82) is 0 Å². The average Bonchev–Trinajstić information content (AvgIpc) is 3.53. The Morgan fingerprint density at radius 3 is 1.70 bits per heavy atom. The summed E-state index contributed by atoms with van der Waals surface area (Å²) in [5.74, 6) is 1.99. The Kier molecular flexibility index (Phi) is 7.58. The number of hydrogen-bond acceptors (Lipinski definition) is 3. The second kappa shape index (κ2) is 12.1. The van der Waals surface area contributed by atoms with Crippen LogP contribution in [0.3, 0.4) is 0 Å². The molecule has 0 amide bonds. The third-order valence-electron chi connectivity index (χ3n) is 12.2. The SMILES string of the molecule is CC(C)(C)c1ccc2c(c1)N(c1c3ccccc3c(-c3ccccc3)c3ccccc13)c1cc(C(C)(C)C)cc3c1B2c1sc2ccc(C(C)(C)C)cc2c1O3. The minimum absolute atomic E-state index is 0.0328. The summed E-state index contributed by atoms with van der Waals surface area (Å²) in [7, 11) is 0. The molecule has 0 bridgehead atoms. The maximum Gasteiger partial charge on any atom is 0.268 e. The summed E-state index contributed by atoms with van der Waals surface area (Å²) in [6.07, 6.45) is 0. The van der Waals surface area contributed by atoms with E-state index in [2.05, 4.69) is 195 Å². The molecule has 1 aromatic heterocycles. The number of benzene rings is 7. The molecule has 10 rings (SSSR count). The number of ether oxygens (including phenoxy) is 1. The van der Waals surface area contributed by atoms with Crippen LogP contribution in [0, 0.1) is 0 Å². The predicted molar refractivity (Wildman–Crippen MR) is 244 cm³/mol. The van der Waals surface area contributed by atoms with E-state index in [-0.39, 0.29) is 23.0 Å². The Balaban J connectivity index is 1.35. The fourth-order valence-corrected chi connectivity index (χ4v) is 10.3. The number of anilines is 3. The Hall–Kier alpha value is -5.32. The van der Waals surface area contributed by atoms with E-state index < -0.39 is 0 Å². The van der Waals surface area contributed by atoms with Crippen molar-refractivity contribution >= 4 is 82.4 Å². The minimum atomic E-state index is -0.110. The first-order chi connectivity index (χ1) is 26.7. The van der Waals surface area contributed by atoms with E-state index >= 15 is 0 Å². The van der Waals surface area contributed by atoms with Gasteiger partial charge in [0.25, 0.3) is 6.71 Å². The van der Waals surface area contributed by atoms with Crippen LogP contribution >= 0.6 is 11.3 Å². The zero-order valence-electron chi connectivity index (χ0n) is 34.0. The van der Waals surface area contributed by atoms with E-state index in [1.807, 2.05) is 11.3 Å². The molecule has 2 aliphatic heterocycles. The lowest BCUT2D eigenvalue weighted by molar-refractivity contribution is 0.490. The van der Waals surface area contributed by atoms with Gasteiger partial charge >= 0.3 is 0 Å². The van der Waals surface area contributed by atoms with Gasteiger partial charge in [-0.3, -0.25) is 0 Å². The van der Waals surface area contributed by atoms with Gasteiger partial charge in [0.1, 0.15) is 11.5 Å². The molecule has 0 fully saturated rings. The Bertz CT molecular complexity index is 2840. The molecule has 2 aliphatic rings. The standard InChI is InChI=1S/C52H48BNOS/c1-50(2,3)32-24-26-44-39(27-32)48-49(56-44)53-40-25-23-33(51(4,5)6)28-41(40)54(42-29-34(52(7,8)9)30-43(55-48)46(42)53)47-37-21-15-13-19-35(37)45(31-17-11-10-12-18-31)36-20-14-16-22-38(36)47/h10-30H,1-9H3. The molecule has 276 valence electrons. The number of thiophene rings is 1. The van der Waals surface area contributed by atoms with E-state index in [1.54, 1.807) is 0 Å². The van der Waals surface area contributed by atoms with Crippen molar-refractivity contribution < 1.29 is 4.74 Å². The fourth-order valence-electron chi connectivity index (χ4n) is 9.08. The second-order valence-corrected chi connectivity index (χ2v) is 20.1. The molecule has 0 radical (unpaired) electrons. The molecule has 4 heteroatoms. The highest BCUT2D eigenvalue weighted by Crippen LogP contribution is 2.51. The van der Waals surface area contributed by atoms with Crippen molar-refractivity contribution in [2.75, 3.05) is 4.90 Å². The molecule has 56 heavy (non-hydrogen) atoms. The van der Waals surface area contributed by atoms with Crippen molar-refractivity contribution in [2.45, 2.75) is 78.6 Å². The maximum atomic E-state index is 7.29. The maximum absolute atomic E-state index is 7.29. The van der Waals surface area contributed by atoms with E-state index in [4.69, 9.17) is 4.74 Å². The molecule has 0 unspecified atom stereocenters. The largest absolute Gasteiger partial charge is 0.457 e. The van der Waals surface area contributed by atoms with Gasteiger partial charge in [-0.05, 0) is 96.1 Å². The molecular formula is C52H48BNOS. The Morgan fingerprint density at radius 1 is 0.518 bits per heavy atom. The Morgan fingerprint density at radius 2 is 1.07 bits per heavy atom. The van der Waals surface area contributed by atoms with Crippen LogP contribution in [0.2, 0.25) is 0 Å². The molecular weight excluding hydrogens is 697 g/mol. The first kappa shape index (κ1) is 35.1. The predicted octanol–water partition coefficient (Wildman–Crippen LogP) is 13.2. The van der Waals surface area contributed by atoms with Gasteiger partial charge < -0.3 is 9.64 Å². The molecule has 0 aliphatic carbocycles. The van der Waals surface area contributed by atoms with E-state index in [1.165, 1.54) is 92.2 Å². The summed E-state index contributed by atoms with van der Waals surface area (Å²) in [6.45, 7) is 20.9. The highest BCUT2D eigenvalue weighted by atomic mass is 32.1. The van der Waals surface area contributed by atoms with Crippen molar-refractivity contribution in [1.82, 2.24) is 0 Å². The first-order valence-electron chi connectivity index (χ1n) is 20.0. The smallest absolute Gasteiger partial charge is 0.268 e. The van der Waals surface area contributed by atoms with Crippen LogP contribution in [-0.4, -0.2) is 6.71 Å². The normalized spacial score (nSPS) is 13.9. The van der Waals surface area contributed by atoms with Gasteiger partial charge in [-0.15, -0.1) is 11.3 Å². The van der Waals surface area contributed by atoms with Crippen molar-refractivity contribution in [2.24, 2.45) is 0 Å². The second-order valence-electron chi connectivity index (χ2n) is 19.0. The van der Waals surface area contributed by atoms with Crippen LogP contribution in [-0.2, 0) is 16.2 Å². The number of nitrogens with zero attached hydrogens (tertiary/aromatic N) is 1. The minimum Gasteiger partial charge on any atom is -0.457 e. The first-order valence-corrected chi connectivity index (χ1v) is 20.9. The molecule has 7 aromatic carbocycles. The highest BCUT2D eigenvalue weighted by molar-refractivity contribution is 7.33. The van der Waals surface area contributed by atoms with Crippen LogP contribution in [0.25, 0.3) is 42.8 Å². The number of hydrogen-bond donors (Lipinski definition) is 0. The van der Waals surface area contributed by atoms with Crippen LogP contribution in [0.5, 0.6) is 11.5 Å². The van der Waals surface area contributed by atoms with Crippen molar-refractivity contribution in [3.8, 4) is 22.6 Å². The van der Waals surface area contributed by atoms with Gasteiger partial charge in [-0.1, -0.05) is 159 Å². The summed E-state index contributed by atoms with van der Waals surface area (Å²) in [6, 6.07) is 48.1. The molecule has 3 heterocycles. The number of fused-ring (bicyclic) bond motifs is 8. The van der Waals surface area contributed by atoms with Gasteiger partial charge in [-0.2, -0.15) is 0 Å². The van der Waals surface area contributed by atoms with Crippen molar-refractivity contribution in [3.05, 3.63) is 144 Å². The third-order valence-corrected chi connectivity index (χ3v) is 13.4.